The first-order valence-electron chi connectivity index (χ1n) is 10.8. The largest absolute Gasteiger partial charge is 0.507 e. The van der Waals surface area contributed by atoms with Gasteiger partial charge >= 0.3 is 0 Å². The number of aryl methyl sites for hydroxylation is 2. The van der Waals surface area contributed by atoms with Gasteiger partial charge in [-0.1, -0.05) is 25.3 Å². The lowest BCUT2D eigenvalue weighted by Crippen LogP contribution is -2.40. The van der Waals surface area contributed by atoms with Gasteiger partial charge in [0.2, 0.25) is 0 Å². The van der Waals surface area contributed by atoms with Crippen molar-refractivity contribution in [2.24, 2.45) is 0 Å². The molecule has 1 unspecified atom stereocenters. The second-order valence-corrected chi connectivity index (χ2v) is 8.42. The van der Waals surface area contributed by atoms with Gasteiger partial charge in [0.1, 0.15) is 11.5 Å². The maximum absolute atomic E-state index is 13.2. The molecule has 6 nitrogen and oxygen atoms in total. The van der Waals surface area contributed by atoms with Crippen LogP contribution in [0.15, 0.2) is 42.2 Å². The number of benzene rings is 1. The molecule has 31 heavy (non-hydrogen) atoms. The molecule has 2 aromatic rings. The maximum Gasteiger partial charge on any atom is 0.295 e. The number of hydrogen-bond acceptors (Lipinski definition) is 5. The highest BCUT2D eigenvalue weighted by Crippen LogP contribution is 2.43. The van der Waals surface area contributed by atoms with Gasteiger partial charge in [-0.15, -0.1) is 0 Å². The predicted molar refractivity (Wildman–Crippen MR) is 118 cm³/mol. The standard InChI is InChI=1S/C25H28N2O4/c1-15-13-20(31-3)16(2)12-19(15)23(28)21-22(17-8-7-11-26-14-17)27(25(30)24(21)29)18-9-5-4-6-10-18/h7-8,11-14,18,22,28H,4-6,9-10H2,1-3H3/b23-21+. The van der Waals surface area contributed by atoms with Crippen LogP contribution in [-0.4, -0.2) is 39.8 Å². The second kappa shape index (κ2) is 8.53. The van der Waals surface area contributed by atoms with E-state index in [1.54, 1.807) is 36.5 Å². The van der Waals surface area contributed by atoms with Gasteiger partial charge in [-0.05, 0) is 61.6 Å². The van der Waals surface area contributed by atoms with Crippen molar-refractivity contribution < 1.29 is 19.4 Å². The van der Waals surface area contributed by atoms with Crippen LogP contribution in [0.3, 0.4) is 0 Å². The van der Waals surface area contributed by atoms with E-state index in [0.717, 1.165) is 48.8 Å². The Morgan fingerprint density at radius 3 is 2.52 bits per heavy atom. The molecular weight excluding hydrogens is 392 g/mol. The van der Waals surface area contributed by atoms with E-state index in [0.29, 0.717) is 11.3 Å². The molecular formula is C25H28N2O4. The van der Waals surface area contributed by atoms with E-state index >= 15 is 0 Å². The number of rotatable bonds is 4. The summed E-state index contributed by atoms with van der Waals surface area (Å²) in [4.78, 5) is 32.3. The van der Waals surface area contributed by atoms with Crippen molar-refractivity contribution in [3.8, 4) is 5.75 Å². The number of aliphatic hydroxyl groups excluding tert-OH is 1. The number of likely N-dealkylation sites (tertiary alicyclic amines) is 1. The first-order chi connectivity index (χ1) is 14.9. The Labute approximate surface area is 182 Å². The van der Waals surface area contributed by atoms with E-state index in [4.69, 9.17) is 4.74 Å². The zero-order chi connectivity index (χ0) is 22.1. The molecule has 1 aromatic heterocycles. The van der Waals surface area contributed by atoms with Gasteiger partial charge in [0.25, 0.3) is 11.7 Å². The molecule has 1 amide bonds. The first kappa shape index (κ1) is 21.1. The Kier molecular flexibility index (Phi) is 5.81. The topological polar surface area (TPSA) is 79.7 Å². The van der Waals surface area contributed by atoms with Gasteiger partial charge in [0.15, 0.2) is 0 Å². The van der Waals surface area contributed by atoms with Gasteiger partial charge in [-0.2, -0.15) is 0 Å². The molecule has 1 saturated carbocycles. The number of pyridine rings is 1. The van der Waals surface area contributed by atoms with Crippen LogP contribution in [0.1, 0.15) is 60.4 Å². The highest BCUT2D eigenvalue weighted by molar-refractivity contribution is 6.46. The van der Waals surface area contributed by atoms with Gasteiger partial charge in [-0.3, -0.25) is 14.6 Å². The van der Waals surface area contributed by atoms with Crippen LogP contribution >= 0.6 is 0 Å². The SMILES string of the molecule is COc1cc(C)c(/C(O)=C2\C(=O)C(=O)N(C3CCCCC3)C2c2cccnc2)cc1C. The zero-order valence-electron chi connectivity index (χ0n) is 18.2. The summed E-state index contributed by atoms with van der Waals surface area (Å²) >= 11 is 0. The quantitative estimate of drug-likeness (QED) is 0.449. The van der Waals surface area contributed by atoms with E-state index in [1.807, 2.05) is 26.0 Å². The summed E-state index contributed by atoms with van der Waals surface area (Å²) in [5, 5.41) is 11.3. The molecule has 1 atom stereocenters. The van der Waals surface area contributed by atoms with E-state index in [1.165, 1.54) is 0 Å². The molecule has 1 saturated heterocycles. The van der Waals surface area contributed by atoms with Crippen LogP contribution in [-0.2, 0) is 9.59 Å². The Balaban J connectivity index is 1.89. The fourth-order valence-corrected chi connectivity index (χ4v) is 4.86. The third kappa shape index (κ3) is 3.71. The number of nitrogens with zero attached hydrogens (tertiary/aromatic N) is 2. The fourth-order valence-electron chi connectivity index (χ4n) is 4.86. The number of aliphatic hydroxyl groups is 1. The Hall–Kier alpha value is -3.15. The van der Waals surface area contributed by atoms with Crippen molar-refractivity contribution in [1.82, 2.24) is 9.88 Å². The van der Waals surface area contributed by atoms with Crippen molar-refractivity contribution in [2.75, 3.05) is 7.11 Å². The van der Waals surface area contributed by atoms with Gasteiger partial charge < -0.3 is 14.7 Å². The summed E-state index contributed by atoms with van der Waals surface area (Å²) in [6.07, 6.45) is 8.27. The van der Waals surface area contributed by atoms with E-state index in [-0.39, 0.29) is 17.4 Å². The summed E-state index contributed by atoms with van der Waals surface area (Å²) < 4.78 is 5.38. The average molecular weight is 421 g/mol. The third-order valence-corrected chi connectivity index (χ3v) is 6.45. The zero-order valence-corrected chi connectivity index (χ0v) is 18.2. The van der Waals surface area contributed by atoms with Crippen LogP contribution in [0.2, 0.25) is 0 Å². The van der Waals surface area contributed by atoms with Gasteiger partial charge in [-0.25, -0.2) is 0 Å². The lowest BCUT2D eigenvalue weighted by molar-refractivity contribution is -0.141. The van der Waals surface area contributed by atoms with Crippen molar-refractivity contribution in [3.05, 3.63) is 64.5 Å². The summed E-state index contributed by atoms with van der Waals surface area (Å²) in [5.41, 5.74) is 3.02. The summed E-state index contributed by atoms with van der Waals surface area (Å²) in [6.45, 7) is 3.74. The lowest BCUT2D eigenvalue weighted by atomic mass is 9.90. The van der Waals surface area contributed by atoms with Crippen LogP contribution in [0.5, 0.6) is 5.75 Å². The number of Topliss-reactive ketones (excluding diaryl/α,β-unsaturated/α-hetero) is 1. The second-order valence-electron chi connectivity index (χ2n) is 8.42. The highest BCUT2D eigenvalue weighted by Gasteiger charge is 2.49. The van der Waals surface area contributed by atoms with E-state index in [2.05, 4.69) is 4.98 Å². The number of carbonyl (C=O) groups is 2. The number of aromatic nitrogens is 1. The van der Waals surface area contributed by atoms with E-state index in [9.17, 15) is 14.7 Å². The molecule has 2 aliphatic rings. The highest BCUT2D eigenvalue weighted by atomic mass is 16.5. The van der Waals surface area contributed by atoms with Gasteiger partial charge in [0, 0.05) is 24.0 Å². The molecule has 0 spiro atoms. The summed E-state index contributed by atoms with van der Waals surface area (Å²) in [6, 6.07) is 6.63. The molecule has 0 radical (unpaired) electrons. The fraction of sp³-hybridized carbons (Fsp3) is 0.400. The van der Waals surface area contributed by atoms with Crippen molar-refractivity contribution in [2.45, 2.75) is 58.0 Å². The Morgan fingerprint density at radius 2 is 1.87 bits per heavy atom. The number of hydrogen-bond donors (Lipinski definition) is 1. The monoisotopic (exact) mass is 420 g/mol. The normalized spacial score (nSPS) is 21.5. The minimum Gasteiger partial charge on any atom is -0.507 e. The molecule has 6 heteroatoms. The molecule has 162 valence electrons. The molecule has 1 N–H and O–H groups in total. The summed E-state index contributed by atoms with van der Waals surface area (Å²) in [7, 11) is 1.60. The van der Waals surface area contributed by atoms with Crippen LogP contribution in [0.25, 0.3) is 5.76 Å². The first-order valence-corrected chi connectivity index (χ1v) is 10.8. The molecule has 2 heterocycles. The number of ketones is 1. The molecule has 1 aliphatic carbocycles. The molecule has 1 aromatic carbocycles. The molecule has 4 rings (SSSR count). The Morgan fingerprint density at radius 1 is 1.13 bits per heavy atom. The van der Waals surface area contributed by atoms with Crippen molar-refractivity contribution in [3.63, 3.8) is 0 Å². The smallest absolute Gasteiger partial charge is 0.295 e. The van der Waals surface area contributed by atoms with Gasteiger partial charge in [0.05, 0.1) is 18.7 Å². The number of ether oxygens (including phenoxy) is 1. The molecule has 2 fully saturated rings. The van der Waals surface area contributed by atoms with Crippen molar-refractivity contribution in [1.29, 1.82) is 0 Å². The molecule has 1 aliphatic heterocycles. The van der Waals surface area contributed by atoms with Crippen LogP contribution < -0.4 is 4.74 Å². The minimum atomic E-state index is -0.640. The lowest BCUT2D eigenvalue weighted by Gasteiger charge is -2.35. The van der Waals surface area contributed by atoms with Crippen molar-refractivity contribution >= 4 is 17.4 Å². The number of carbonyl (C=O) groups excluding carboxylic acids is 2. The maximum atomic E-state index is 13.2. The minimum absolute atomic E-state index is 0.0144. The number of methoxy groups -OCH3 is 1. The summed E-state index contributed by atoms with van der Waals surface area (Å²) in [5.74, 6) is -0.607. The Bertz CT molecular complexity index is 1040. The third-order valence-electron chi connectivity index (χ3n) is 6.45. The number of amides is 1. The average Bonchev–Trinajstić information content (AvgIpc) is 3.06. The van der Waals surface area contributed by atoms with E-state index < -0.39 is 17.7 Å². The van der Waals surface area contributed by atoms with Crippen LogP contribution in [0.4, 0.5) is 0 Å². The van der Waals surface area contributed by atoms with Crippen LogP contribution in [0, 0.1) is 13.8 Å². The molecule has 0 bridgehead atoms. The predicted octanol–water partition coefficient (Wildman–Crippen LogP) is 4.46.